The number of carbonyl (C=O) groups is 1. The van der Waals surface area contributed by atoms with Gasteiger partial charge in [0.1, 0.15) is 5.52 Å². The van der Waals surface area contributed by atoms with Crippen LogP contribution in [0.15, 0.2) is 96.2 Å². The van der Waals surface area contributed by atoms with Gasteiger partial charge in [-0.25, -0.2) is 13.4 Å². The highest BCUT2D eigenvalue weighted by Gasteiger charge is 2.25. The van der Waals surface area contributed by atoms with Crippen LogP contribution in [-0.2, 0) is 23.1 Å². The van der Waals surface area contributed by atoms with E-state index in [1.165, 1.54) is 47.0 Å². The van der Waals surface area contributed by atoms with Crippen LogP contribution < -0.4 is 4.90 Å². The van der Waals surface area contributed by atoms with Crippen LogP contribution in [0, 0.1) is 0 Å². The molecule has 8 nitrogen and oxygen atoms in total. The average molecular weight is 566 g/mol. The molecule has 194 valence electrons. The van der Waals surface area contributed by atoms with Crippen LogP contribution in [0.1, 0.15) is 15.9 Å². The molecule has 0 saturated carbocycles. The van der Waals surface area contributed by atoms with Crippen LogP contribution in [0.5, 0.6) is 0 Å². The van der Waals surface area contributed by atoms with E-state index in [0.717, 1.165) is 10.3 Å². The van der Waals surface area contributed by atoms with Gasteiger partial charge in [-0.15, -0.1) is 0 Å². The summed E-state index contributed by atoms with van der Waals surface area (Å²) in [5.74, 6) is -0.297. The fourth-order valence-electron chi connectivity index (χ4n) is 3.97. The van der Waals surface area contributed by atoms with Gasteiger partial charge in [-0.05, 0) is 48.0 Å². The number of anilines is 1. The van der Waals surface area contributed by atoms with Crippen LogP contribution in [-0.4, -0.2) is 47.0 Å². The van der Waals surface area contributed by atoms with Gasteiger partial charge in [-0.1, -0.05) is 59.3 Å². The van der Waals surface area contributed by atoms with Crippen molar-refractivity contribution < 1.29 is 13.2 Å². The Morgan fingerprint density at radius 3 is 2.45 bits per heavy atom. The van der Waals surface area contributed by atoms with Crippen LogP contribution in [0.3, 0.4) is 0 Å². The largest absolute Gasteiger partial charge is 0.282 e. The van der Waals surface area contributed by atoms with E-state index in [1.807, 2.05) is 54.7 Å². The molecule has 0 N–H and O–H groups in total. The Balaban J connectivity index is 1.40. The van der Waals surface area contributed by atoms with E-state index in [2.05, 4.69) is 10.1 Å². The third kappa shape index (κ3) is 5.48. The summed E-state index contributed by atoms with van der Waals surface area (Å²) in [6, 6.07) is 22.7. The number of aromatic nitrogens is 3. The molecule has 0 aliphatic heterocycles. The Hall–Kier alpha value is -3.57. The van der Waals surface area contributed by atoms with Crippen molar-refractivity contribution in [2.75, 3.05) is 18.5 Å². The van der Waals surface area contributed by atoms with Crippen molar-refractivity contribution in [2.24, 2.45) is 0 Å². The summed E-state index contributed by atoms with van der Waals surface area (Å²) in [6.07, 6.45) is 3.50. The van der Waals surface area contributed by atoms with Gasteiger partial charge in [-0.2, -0.15) is 9.40 Å². The first-order valence-corrected chi connectivity index (χ1v) is 14.4. The van der Waals surface area contributed by atoms with Crippen molar-refractivity contribution in [2.45, 2.75) is 18.0 Å². The van der Waals surface area contributed by atoms with Gasteiger partial charge in [-0.3, -0.25) is 14.4 Å². The number of fused-ring (bicyclic) bond motifs is 1. The van der Waals surface area contributed by atoms with E-state index < -0.39 is 10.0 Å². The van der Waals surface area contributed by atoms with Gasteiger partial charge in [0.2, 0.25) is 10.0 Å². The fourth-order valence-corrected chi connectivity index (χ4v) is 6.42. The normalized spacial score (nSPS) is 11.8. The van der Waals surface area contributed by atoms with Gasteiger partial charge >= 0.3 is 0 Å². The van der Waals surface area contributed by atoms with Crippen molar-refractivity contribution in [3.05, 3.63) is 107 Å². The minimum absolute atomic E-state index is 0.113. The number of amides is 1. The van der Waals surface area contributed by atoms with Gasteiger partial charge in [0, 0.05) is 38.1 Å². The molecule has 2 heterocycles. The highest BCUT2D eigenvalue weighted by atomic mass is 35.5. The predicted octanol–water partition coefficient (Wildman–Crippen LogP) is 5.31. The maximum Gasteiger partial charge on any atom is 0.260 e. The minimum atomic E-state index is -3.74. The molecule has 5 rings (SSSR count). The van der Waals surface area contributed by atoms with Gasteiger partial charge in [0.25, 0.3) is 5.91 Å². The molecule has 0 fully saturated rings. The molecule has 1 amide bonds. The number of hydrogen-bond donors (Lipinski definition) is 0. The Bertz CT molecular complexity index is 1650. The van der Waals surface area contributed by atoms with E-state index in [1.54, 1.807) is 21.8 Å². The standard InChI is InChI=1S/C27H24ClN5O3S2/c1-31(19-20-7-3-2-4-8-20)38(35,36)22-13-11-21(12-14-22)26(34)33(18-17-32-16-6-15-29-32)27-30-25-23(28)9-5-10-24(25)37-27/h2-16H,17-19H2,1H3. The number of halogens is 1. The summed E-state index contributed by atoms with van der Waals surface area (Å²) >= 11 is 7.70. The summed E-state index contributed by atoms with van der Waals surface area (Å²) in [5.41, 5.74) is 1.86. The molecule has 11 heteroatoms. The Kier molecular flexibility index (Phi) is 7.57. The maximum atomic E-state index is 13.7. The molecule has 5 aromatic rings. The highest BCUT2D eigenvalue weighted by Crippen LogP contribution is 2.33. The Labute approximate surface area is 229 Å². The lowest BCUT2D eigenvalue weighted by molar-refractivity contribution is 0.0985. The number of hydrogen-bond acceptors (Lipinski definition) is 6. The summed E-state index contributed by atoms with van der Waals surface area (Å²) in [5, 5.41) is 5.24. The second-order valence-electron chi connectivity index (χ2n) is 8.58. The van der Waals surface area contributed by atoms with Gasteiger partial charge in [0.05, 0.1) is 21.2 Å². The lowest BCUT2D eigenvalue weighted by atomic mass is 10.2. The third-order valence-corrected chi connectivity index (χ3v) is 9.17. The van der Waals surface area contributed by atoms with E-state index >= 15 is 0 Å². The quantitative estimate of drug-likeness (QED) is 0.241. The molecule has 0 spiro atoms. The number of nitrogens with zero attached hydrogens (tertiary/aromatic N) is 5. The zero-order valence-corrected chi connectivity index (χ0v) is 22.8. The zero-order chi connectivity index (χ0) is 26.7. The van der Waals surface area contributed by atoms with Crippen LogP contribution in [0.25, 0.3) is 10.2 Å². The van der Waals surface area contributed by atoms with Crippen molar-refractivity contribution in [3.63, 3.8) is 0 Å². The minimum Gasteiger partial charge on any atom is -0.282 e. The van der Waals surface area contributed by atoms with Crippen molar-refractivity contribution in [3.8, 4) is 0 Å². The molecule has 38 heavy (non-hydrogen) atoms. The van der Waals surface area contributed by atoms with Crippen LogP contribution in [0.2, 0.25) is 5.02 Å². The number of para-hydroxylation sites is 1. The number of thiazole rings is 1. The zero-order valence-electron chi connectivity index (χ0n) is 20.4. The number of rotatable bonds is 9. The summed E-state index contributed by atoms with van der Waals surface area (Å²) < 4.78 is 30.2. The molecule has 0 saturated heterocycles. The first kappa shape index (κ1) is 26.1. The monoisotopic (exact) mass is 565 g/mol. The average Bonchev–Trinajstić information content (AvgIpc) is 3.60. The molecule has 0 atom stereocenters. The SMILES string of the molecule is CN(Cc1ccccc1)S(=O)(=O)c1ccc(C(=O)N(CCn2cccn2)c2nc3c(Cl)cccc3s2)cc1. The van der Waals surface area contributed by atoms with Crippen LogP contribution >= 0.6 is 22.9 Å². The van der Waals surface area contributed by atoms with Crippen molar-refractivity contribution in [1.29, 1.82) is 0 Å². The second-order valence-corrected chi connectivity index (χ2v) is 12.0. The molecular formula is C27H24ClN5O3S2. The highest BCUT2D eigenvalue weighted by molar-refractivity contribution is 7.89. The second kappa shape index (κ2) is 11.0. The molecule has 0 radical (unpaired) electrons. The van der Waals surface area contributed by atoms with Crippen LogP contribution in [0.4, 0.5) is 5.13 Å². The molecule has 2 aromatic heterocycles. The van der Waals surface area contributed by atoms with Crippen molar-refractivity contribution >= 4 is 54.2 Å². The maximum absolute atomic E-state index is 13.7. The summed E-state index contributed by atoms with van der Waals surface area (Å²) in [4.78, 5) is 20.0. The molecule has 3 aromatic carbocycles. The van der Waals surface area contributed by atoms with E-state index in [9.17, 15) is 13.2 Å². The van der Waals surface area contributed by atoms with E-state index in [4.69, 9.17) is 11.6 Å². The molecule has 0 aliphatic rings. The van der Waals surface area contributed by atoms with Gasteiger partial charge < -0.3 is 0 Å². The first-order valence-electron chi connectivity index (χ1n) is 11.8. The lowest BCUT2D eigenvalue weighted by Crippen LogP contribution is -2.34. The van der Waals surface area contributed by atoms with Gasteiger partial charge in [0.15, 0.2) is 5.13 Å². The summed E-state index contributed by atoms with van der Waals surface area (Å²) in [6.45, 7) is 1.02. The topological polar surface area (TPSA) is 88.4 Å². The molecule has 0 unspecified atom stereocenters. The number of carbonyl (C=O) groups excluding carboxylic acids is 1. The lowest BCUT2D eigenvalue weighted by Gasteiger charge is -2.21. The fraction of sp³-hybridized carbons (Fsp3) is 0.148. The van der Waals surface area contributed by atoms with E-state index in [-0.39, 0.29) is 17.3 Å². The number of sulfonamides is 1. The predicted molar refractivity (Wildman–Crippen MR) is 150 cm³/mol. The van der Waals surface area contributed by atoms with E-state index in [0.29, 0.717) is 34.3 Å². The Morgan fingerprint density at radius 1 is 1.00 bits per heavy atom. The first-order chi connectivity index (χ1) is 18.3. The molecular weight excluding hydrogens is 542 g/mol. The Morgan fingerprint density at radius 2 is 1.76 bits per heavy atom. The van der Waals surface area contributed by atoms with Crippen molar-refractivity contribution in [1.82, 2.24) is 19.1 Å². The number of benzene rings is 3. The molecule has 0 aliphatic carbocycles. The summed E-state index contributed by atoms with van der Waals surface area (Å²) in [7, 11) is -2.20. The third-order valence-electron chi connectivity index (χ3n) is 6.00. The smallest absolute Gasteiger partial charge is 0.260 e. The molecule has 0 bridgehead atoms.